The molecule has 1 aromatic rings. The summed E-state index contributed by atoms with van der Waals surface area (Å²) >= 11 is 6.36. The van der Waals surface area contributed by atoms with E-state index in [1.165, 1.54) is 0 Å². The van der Waals surface area contributed by atoms with Crippen LogP contribution in [0.5, 0.6) is 0 Å². The highest BCUT2D eigenvalue weighted by atomic mass is 35.5. The summed E-state index contributed by atoms with van der Waals surface area (Å²) in [4.78, 5) is 0. The Morgan fingerprint density at radius 1 is 1.44 bits per heavy atom. The predicted molar refractivity (Wildman–Crippen MR) is 65.4 cm³/mol. The van der Waals surface area contributed by atoms with Crippen molar-refractivity contribution in [3.8, 4) is 0 Å². The maximum Gasteiger partial charge on any atom is 0.106 e. The summed E-state index contributed by atoms with van der Waals surface area (Å²) in [6.45, 7) is 3.83. The number of hydrogen-bond acceptors (Lipinski definition) is 2. The molecule has 1 aliphatic heterocycles. The Kier molecular flexibility index (Phi) is 3.99. The monoisotopic (exact) mass is 238 g/mol. The molecule has 2 rings (SSSR count). The van der Waals surface area contributed by atoms with Crippen LogP contribution in [0.2, 0.25) is 0 Å². The van der Waals surface area contributed by atoms with Crippen LogP contribution >= 0.6 is 11.6 Å². The van der Waals surface area contributed by atoms with E-state index in [4.69, 9.17) is 21.1 Å². The van der Waals surface area contributed by atoms with Crippen LogP contribution < -0.4 is 0 Å². The Balaban J connectivity index is 2.26. The number of hydrogen-bond donors (Lipinski definition) is 0. The second-order valence-corrected chi connectivity index (χ2v) is 4.04. The van der Waals surface area contributed by atoms with Gasteiger partial charge in [0.25, 0.3) is 0 Å². The quantitative estimate of drug-likeness (QED) is 0.806. The SMILES string of the molecule is CCOC1COC/C1=C(\Cl)c1ccccc1. The highest BCUT2D eigenvalue weighted by Gasteiger charge is 2.25. The molecule has 0 amide bonds. The van der Waals surface area contributed by atoms with Gasteiger partial charge in [-0.15, -0.1) is 0 Å². The van der Waals surface area contributed by atoms with Crippen LogP contribution in [0.3, 0.4) is 0 Å². The van der Waals surface area contributed by atoms with Crippen molar-refractivity contribution in [2.45, 2.75) is 13.0 Å². The van der Waals surface area contributed by atoms with Crippen molar-refractivity contribution >= 4 is 16.6 Å². The summed E-state index contributed by atoms with van der Waals surface area (Å²) in [5.74, 6) is 0. The van der Waals surface area contributed by atoms with E-state index < -0.39 is 0 Å². The van der Waals surface area contributed by atoms with E-state index in [0.29, 0.717) is 19.8 Å². The van der Waals surface area contributed by atoms with E-state index in [0.717, 1.165) is 16.2 Å². The second kappa shape index (κ2) is 5.48. The van der Waals surface area contributed by atoms with Crippen molar-refractivity contribution in [3.63, 3.8) is 0 Å². The van der Waals surface area contributed by atoms with Crippen LogP contribution in [-0.2, 0) is 9.47 Å². The molecule has 0 bridgehead atoms. The first-order valence-corrected chi connectivity index (χ1v) is 5.84. The van der Waals surface area contributed by atoms with Crippen molar-refractivity contribution in [3.05, 3.63) is 41.5 Å². The van der Waals surface area contributed by atoms with Gasteiger partial charge in [0.2, 0.25) is 0 Å². The zero-order chi connectivity index (χ0) is 11.4. The molecular formula is C13H15ClO2. The molecule has 0 N–H and O–H groups in total. The van der Waals surface area contributed by atoms with Crippen molar-refractivity contribution < 1.29 is 9.47 Å². The fraction of sp³-hybridized carbons (Fsp3) is 0.385. The van der Waals surface area contributed by atoms with Crippen molar-refractivity contribution in [2.75, 3.05) is 19.8 Å². The lowest BCUT2D eigenvalue weighted by molar-refractivity contribution is 0.0609. The second-order valence-electron chi connectivity index (χ2n) is 3.66. The van der Waals surface area contributed by atoms with Gasteiger partial charge in [0.05, 0.1) is 18.2 Å². The van der Waals surface area contributed by atoms with Crippen molar-refractivity contribution in [2.24, 2.45) is 0 Å². The minimum Gasteiger partial charge on any atom is -0.374 e. The van der Waals surface area contributed by atoms with E-state index in [2.05, 4.69) is 0 Å². The fourth-order valence-corrected chi connectivity index (χ4v) is 2.10. The van der Waals surface area contributed by atoms with Gasteiger partial charge in [0.15, 0.2) is 0 Å². The molecule has 0 aromatic heterocycles. The van der Waals surface area contributed by atoms with Crippen LogP contribution in [-0.4, -0.2) is 25.9 Å². The molecule has 1 aliphatic rings. The number of rotatable bonds is 3. The van der Waals surface area contributed by atoms with Crippen molar-refractivity contribution in [1.82, 2.24) is 0 Å². The largest absolute Gasteiger partial charge is 0.374 e. The maximum absolute atomic E-state index is 6.36. The highest BCUT2D eigenvalue weighted by molar-refractivity contribution is 6.49. The topological polar surface area (TPSA) is 18.5 Å². The lowest BCUT2D eigenvalue weighted by Gasteiger charge is -2.12. The van der Waals surface area contributed by atoms with E-state index in [1.807, 2.05) is 37.3 Å². The third kappa shape index (κ3) is 2.46. The zero-order valence-corrected chi connectivity index (χ0v) is 10.0. The Morgan fingerprint density at radius 3 is 2.88 bits per heavy atom. The van der Waals surface area contributed by atoms with E-state index in [-0.39, 0.29) is 6.10 Å². The first-order chi connectivity index (χ1) is 7.83. The summed E-state index contributed by atoms with van der Waals surface area (Å²) < 4.78 is 11.0. The van der Waals surface area contributed by atoms with Gasteiger partial charge in [-0.1, -0.05) is 41.9 Å². The molecule has 1 unspecified atom stereocenters. The maximum atomic E-state index is 6.36. The molecule has 16 heavy (non-hydrogen) atoms. The van der Waals surface area contributed by atoms with Crippen LogP contribution in [0, 0.1) is 0 Å². The lowest BCUT2D eigenvalue weighted by Crippen LogP contribution is -2.15. The van der Waals surface area contributed by atoms with Crippen LogP contribution in [0.15, 0.2) is 35.9 Å². The molecule has 2 nitrogen and oxygen atoms in total. The normalized spacial score (nSPS) is 23.5. The summed E-state index contributed by atoms with van der Waals surface area (Å²) in [7, 11) is 0. The molecule has 0 aliphatic carbocycles. The number of halogens is 1. The Morgan fingerprint density at radius 2 is 2.19 bits per heavy atom. The first kappa shape index (κ1) is 11.6. The van der Waals surface area contributed by atoms with E-state index in [9.17, 15) is 0 Å². The van der Waals surface area contributed by atoms with Gasteiger partial charge >= 0.3 is 0 Å². The van der Waals surface area contributed by atoms with E-state index in [1.54, 1.807) is 0 Å². The number of benzene rings is 1. The third-order valence-electron chi connectivity index (χ3n) is 2.59. The lowest BCUT2D eigenvalue weighted by atomic mass is 10.1. The van der Waals surface area contributed by atoms with Gasteiger partial charge in [-0.2, -0.15) is 0 Å². The molecule has 1 fully saturated rings. The number of ether oxygens (including phenoxy) is 2. The third-order valence-corrected chi connectivity index (χ3v) is 3.05. The first-order valence-electron chi connectivity index (χ1n) is 5.46. The smallest absolute Gasteiger partial charge is 0.106 e. The minimum absolute atomic E-state index is 0.0118. The zero-order valence-electron chi connectivity index (χ0n) is 9.28. The molecule has 3 heteroatoms. The molecule has 0 spiro atoms. The summed E-state index contributed by atoms with van der Waals surface area (Å²) in [5, 5.41) is 0.761. The average Bonchev–Trinajstić information content (AvgIpc) is 2.78. The van der Waals surface area contributed by atoms with Gasteiger partial charge in [0.1, 0.15) is 6.10 Å². The summed E-state index contributed by atoms with van der Waals surface area (Å²) in [6, 6.07) is 9.92. The van der Waals surface area contributed by atoms with Crippen LogP contribution in [0.4, 0.5) is 0 Å². The Hall–Kier alpha value is -0.830. The molecule has 0 radical (unpaired) electrons. The highest BCUT2D eigenvalue weighted by Crippen LogP contribution is 2.29. The van der Waals surface area contributed by atoms with Gasteiger partial charge in [-0.25, -0.2) is 0 Å². The van der Waals surface area contributed by atoms with E-state index >= 15 is 0 Å². The van der Waals surface area contributed by atoms with Gasteiger partial charge in [0, 0.05) is 12.2 Å². The van der Waals surface area contributed by atoms with Gasteiger partial charge < -0.3 is 9.47 Å². The Labute approximate surface area is 101 Å². The molecule has 0 saturated carbocycles. The van der Waals surface area contributed by atoms with Gasteiger partial charge in [-0.05, 0) is 12.5 Å². The Bertz CT molecular complexity index is 373. The van der Waals surface area contributed by atoms with Gasteiger partial charge in [-0.3, -0.25) is 0 Å². The standard InChI is InChI=1S/C13H15ClO2/c1-2-16-12-9-15-8-11(12)13(14)10-6-4-3-5-7-10/h3-7,12H,2,8-9H2,1H3/b13-11+. The molecular weight excluding hydrogens is 224 g/mol. The molecule has 1 aromatic carbocycles. The molecule has 1 atom stereocenters. The summed E-state index contributed by atoms with van der Waals surface area (Å²) in [5.41, 5.74) is 2.07. The molecule has 86 valence electrons. The van der Waals surface area contributed by atoms with Crippen LogP contribution in [0.25, 0.3) is 5.03 Å². The fourth-order valence-electron chi connectivity index (χ4n) is 1.79. The average molecular weight is 239 g/mol. The van der Waals surface area contributed by atoms with Crippen molar-refractivity contribution in [1.29, 1.82) is 0 Å². The van der Waals surface area contributed by atoms with Crippen LogP contribution in [0.1, 0.15) is 12.5 Å². The minimum atomic E-state index is 0.0118. The molecule has 1 saturated heterocycles. The molecule has 1 heterocycles. The summed E-state index contributed by atoms with van der Waals surface area (Å²) in [6.07, 6.45) is 0.0118. The predicted octanol–water partition coefficient (Wildman–Crippen LogP) is 3.07.